The highest BCUT2D eigenvalue weighted by atomic mass is 35.5. The van der Waals surface area contributed by atoms with Crippen LogP contribution in [-0.2, 0) is 4.74 Å². The van der Waals surface area contributed by atoms with Crippen LogP contribution in [0.4, 0.5) is 9.18 Å². The molecule has 1 fully saturated rings. The first-order valence-corrected chi connectivity index (χ1v) is 6.45. The standard InChI is InChI=1S/C12H15ClFN3O3/c1-12(2,3)20-11(18)17-5-7(6-17)19-9-8(14)4-15-10(13)16-9/h4,7H,5-6H2,1-3H3. The van der Waals surface area contributed by atoms with E-state index in [-0.39, 0.29) is 17.3 Å². The number of hydrogen-bond donors (Lipinski definition) is 0. The highest BCUT2D eigenvalue weighted by Crippen LogP contribution is 2.21. The van der Waals surface area contributed by atoms with Gasteiger partial charge < -0.3 is 14.4 Å². The van der Waals surface area contributed by atoms with Crippen LogP contribution in [0.25, 0.3) is 0 Å². The summed E-state index contributed by atoms with van der Waals surface area (Å²) in [5.41, 5.74) is -0.546. The Kier molecular flexibility index (Phi) is 3.99. The number of hydrogen-bond acceptors (Lipinski definition) is 5. The first-order chi connectivity index (χ1) is 9.24. The van der Waals surface area contributed by atoms with E-state index >= 15 is 0 Å². The number of aromatic nitrogens is 2. The lowest BCUT2D eigenvalue weighted by atomic mass is 10.2. The van der Waals surface area contributed by atoms with Gasteiger partial charge in [0.05, 0.1) is 19.3 Å². The van der Waals surface area contributed by atoms with E-state index in [4.69, 9.17) is 21.1 Å². The largest absolute Gasteiger partial charge is 0.468 e. The molecule has 8 heteroatoms. The lowest BCUT2D eigenvalue weighted by Crippen LogP contribution is -2.57. The summed E-state index contributed by atoms with van der Waals surface area (Å²) in [6.07, 6.45) is 0.191. The van der Waals surface area contributed by atoms with Crippen LogP contribution in [0.3, 0.4) is 0 Å². The van der Waals surface area contributed by atoms with Crippen LogP contribution in [0.1, 0.15) is 20.8 Å². The molecule has 1 amide bonds. The highest BCUT2D eigenvalue weighted by Gasteiger charge is 2.35. The van der Waals surface area contributed by atoms with Gasteiger partial charge >= 0.3 is 6.09 Å². The molecule has 20 heavy (non-hydrogen) atoms. The molecule has 1 saturated heterocycles. The van der Waals surface area contributed by atoms with Crippen LogP contribution >= 0.6 is 11.6 Å². The quantitative estimate of drug-likeness (QED) is 0.784. The van der Waals surface area contributed by atoms with Crippen molar-refractivity contribution < 1.29 is 18.7 Å². The van der Waals surface area contributed by atoms with Gasteiger partial charge in [-0.25, -0.2) is 9.78 Å². The predicted molar refractivity (Wildman–Crippen MR) is 69.2 cm³/mol. The number of rotatable bonds is 2. The number of likely N-dealkylation sites (tertiary alicyclic amines) is 1. The number of carbonyl (C=O) groups excluding carboxylic acids is 1. The van der Waals surface area contributed by atoms with Crippen molar-refractivity contribution >= 4 is 17.7 Å². The first kappa shape index (κ1) is 14.8. The Hall–Kier alpha value is -1.63. The predicted octanol–water partition coefficient (Wildman–Crippen LogP) is 2.27. The summed E-state index contributed by atoms with van der Waals surface area (Å²) >= 11 is 5.56. The molecule has 0 spiro atoms. The highest BCUT2D eigenvalue weighted by molar-refractivity contribution is 6.28. The summed E-state index contributed by atoms with van der Waals surface area (Å²) < 4.78 is 23.9. The molecular formula is C12H15ClFN3O3. The van der Waals surface area contributed by atoms with Gasteiger partial charge in [-0.2, -0.15) is 9.37 Å². The van der Waals surface area contributed by atoms with Crippen LogP contribution in [0.2, 0.25) is 5.28 Å². The molecule has 0 saturated carbocycles. The molecule has 0 atom stereocenters. The van der Waals surface area contributed by atoms with Crippen LogP contribution in [0, 0.1) is 5.82 Å². The normalized spacial score (nSPS) is 15.8. The number of nitrogens with zero attached hydrogens (tertiary/aromatic N) is 3. The van der Waals surface area contributed by atoms with Gasteiger partial charge in [-0.1, -0.05) is 0 Å². The number of ether oxygens (including phenoxy) is 2. The molecule has 1 aliphatic rings. The van der Waals surface area contributed by atoms with Crippen LogP contribution in [-0.4, -0.2) is 45.8 Å². The smallest absolute Gasteiger partial charge is 0.410 e. The van der Waals surface area contributed by atoms with Crippen molar-refractivity contribution in [1.82, 2.24) is 14.9 Å². The van der Waals surface area contributed by atoms with Gasteiger partial charge in [0.2, 0.25) is 11.1 Å². The third kappa shape index (κ3) is 3.69. The molecule has 0 aliphatic carbocycles. The van der Waals surface area contributed by atoms with Crippen LogP contribution in [0.15, 0.2) is 6.20 Å². The van der Waals surface area contributed by atoms with E-state index < -0.39 is 17.5 Å². The molecule has 0 N–H and O–H groups in total. The van der Waals surface area contributed by atoms with E-state index in [2.05, 4.69) is 9.97 Å². The number of halogens is 2. The maximum atomic E-state index is 13.4. The van der Waals surface area contributed by atoms with E-state index in [1.54, 1.807) is 20.8 Å². The van der Waals surface area contributed by atoms with E-state index in [1.807, 2.05) is 0 Å². The molecule has 1 aromatic rings. The molecule has 6 nitrogen and oxygen atoms in total. The van der Waals surface area contributed by atoms with Crippen molar-refractivity contribution in [2.75, 3.05) is 13.1 Å². The van der Waals surface area contributed by atoms with Crippen molar-refractivity contribution in [2.24, 2.45) is 0 Å². The Balaban J connectivity index is 1.85. The first-order valence-electron chi connectivity index (χ1n) is 6.07. The summed E-state index contributed by atoms with van der Waals surface area (Å²) in [6, 6.07) is 0. The lowest BCUT2D eigenvalue weighted by molar-refractivity contribution is -0.0241. The van der Waals surface area contributed by atoms with Crippen molar-refractivity contribution in [1.29, 1.82) is 0 Å². The van der Waals surface area contributed by atoms with Gasteiger partial charge in [0.25, 0.3) is 5.88 Å². The molecule has 0 radical (unpaired) electrons. The van der Waals surface area contributed by atoms with Gasteiger partial charge in [0.1, 0.15) is 11.7 Å². The Morgan fingerprint density at radius 2 is 2.15 bits per heavy atom. The zero-order valence-corrected chi connectivity index (χ0v) is 12.1. The lowest BCUT2D eigenvalue weighted by Gasteiger charge is -2.39. The summed E-state index contributed by atoms with van der Waals surface area (Å²) in [5, 5.41) is -0.0929. The minimum atomic E-state index is -0.690. The average Bonchev–Trinajstić information content (AvgIpc) is 2.24. The van der Waals surface area contributed by atoms with Gasteiger partial charge in [0, 0.05) is 0 Å². The fraction of sp³-hybridized carbons (Fsp3) is 0.583. The molecule has 0 aromatic carbocycles. The maximum absolute atomic E-state index is 13.4. The second kappa shape index (κ2) is 5.40. The van der Waals surface area contributed by atoms with Gasteiger partial charge in [0.15, 0.2) is 0 Å². The van der Waals surface area contributed by atoms with Crippen LogP contribution < -0.4 is 4.74 Å². The summed E-state index contributed by atoms with van der Waals surface area (Å²) in [7, 11) is 0. The molecular weight excluding hydrogens is 289 g/mol. The van der Waals surface area contributed by atoms with Crippen LogP contribution in [0.5, 0.6) is 5.88 Å². The van der Waals surface area contributed by atoms with Gasteiger partial charge in [-0.05, 0) is 32.4 Å². The molecule has 0 unspecified atom stereocenters. The SMILES string of the molecule is CC(C)(C)OC(=O)N1CC(Oc2nc(Cl)ncc2F)C1. The van der Waals surface area contributed by atoms with Crippen molar-refractivity contribution in [3.63, 3.8) is 0 Å². The average molecular weight is 304 g/mol. The minimum Gasteiger partial charge on any atom is -0.468 e. The fourth-order valence-electron chi connectivity index (χ4n) is 1.56. The minimum absolute atomic E-state index is 0.0929. The number of carbonyl (C=O) groups is 1. The monoisotopic (exact) mass is 303 g/mol. The molecule has 0 bridgehead atoms. The summed E-state index contributed by atoms with van der Waals surface area (Å²) in [5.74, 6) is -0.899. The fourth-order valence-corrected chi connectivity index (χ4v) is 1.69. The Morgan fingerprint density at radius 1 is 1.50 bits per heavy atom. The Morgan fingerprint density at radius 3 is 2.75 bits per heavy atom. The number of amides is 1. The summed E-state index contributed by atoms with van der Waals surface area (Å²) in [6.45, 7) is 6.00. The molecule has 2 rings (SSSR count). The molecule has 110 valence electrons. The second-order valence-corrected chi connectivity index (χ2v) is 5.76. The Bertz CT molecular complexity index is 515. The zero-order valence-electron chi connectivity index (χ0n) is 11.4. The summed E-state index contributed by atoms with van der Waals surface area (Å²) in [4.78, 5) is 20.3. The molecule has 1 aromatic heterocycles. The topological polar surface area (TPSA) is 64.5 Å². The Labute approximate surface area is 120 Å². The van der Waals surface area contributed by atoms with Crippen molar-refractivity contribution in [3.05, 3.63) is 17.3 Å². The van der Waals surface area contributed by atoms with E-state index in [1.165, 1.54) is 4.90 Å². The van der Waals surface area contributed by atoms with Gasteiger partial charge in [-0.15, -0.1) is 0 Å². The molecule has 1 aliphatic heterocycles. The van der Waals surface area contributed by atoms with Crippen molar-refractivity contribution in [2.45, 2.75) is 32.5 Å². The van der Waals surface area contributed by atoms with E-state index in [0.29, 0.717) is 13.1 Å². The molecule has 2 heterocycles. The second-order valence-electron chi connectivity index (χ2n) is 5.42. The van der Waals surface area contributed by atoms with Crippen molar-refractivity contribution in [3.8, 4) is 5.88 Å². The van der Waals surface area contributed by atoms with E-state index in [9.17, 15) is 9.18 Å². The third-order valence-electron chi connectivity index (χ3n) is 2.46. The van der Waals surface area contributed by atoms with E-state index in [0.717, 1.165) is 6.20 Å². The van der Waals surface area contributed by atoms with Gasteiger partial charge in [-0.3, -0.25) is 0 Å². The third-order valence-corrected chi connectivity index (χ3v) is 2.64. The maximum Gasteiger partial charge on any atom is 0.410 e. The zero-order chi connectivity index (χ0) is 14.9.